The summed E-state index contributed by atoms with van der Waals surface area (Å²) in [5.41, 5.74) is 8.78. The summed E-state index contributed by atoms with van der Waals surface area (Å²) in [5.74, 6) is 1.15. The predicted octanol–water partition coefficient (Wildman–Crippen LogP) is 4.28. The van der Waals surface area contributed by atoms with Crippen LogP contribution in [-0.2, 0) is 0 Å². The third kappa shape index (κ3) is 3.61. The van der Waals surface area contributed by atoms with E-state index < -0.39 is 0 Å². The Morgan fingerprint density at radius 2 is 1.50 bits per heavy atom. The fourth-order valence-corrected chi connectivity index (χ4v) is 2.32. The van der Waals surface area contributed by atoms with Crippen molar-refractivity contribution in [3.05, 3.63) is 65.7 Å². The number of benzene rings is 2. The Kier molecular flexibility index (Phi) is 4.80. The van der Waals surface area contributed by atoms with Crippen LogP contribution in [0.15, 0.2) is 54.6 Å². The molecular formula is C18H23NO. The summed E-state index contributed by atoms with van der Waals surface area (Å²) < 4.78 is 5.73. The molecule has 2 unspecified atom stereocenters. The highest BCUT2D eigenvalue weighted by Crippen LogP contribution is 2.30. The van der Waals surface area contributed by atoms with Gasteiger partial charge >= 0.3 is 0 Å². The van der Waals surface area contributed by atoms with Gasteiger partial charge in [0.05, 0.1) is 6.10 Å². The number of ether oxygens (including phenoxy) is 1. The first-order chi connectivity index (χ1) is 9.58. The van der Waals surface area contributed by atoms with E-state index in [4.69, 9.17) is 10.5 Å². The van der Waals surface area contributed by atoms with Gasteiger partial charge in [-0.2, -0.15) is 0 Å². The molecule has 0 heterocycles. The highest BCUT2D eigenvalue weighted by atomic mass is 16.5. The Balaban J connectivity index is 2.18. The second-order valence-corrected chi connectivity index (χ2v) is 5.46. The molecule has 0 saturated heterocycles. The quantitative estimate of drug-likeness (QED) is 0.879. The summed E-state index contributed by atoms with van der Waals surface area (Å²) in [6.45, 7) is 6.22. The van der Waals surface area contributed by atoms with Crippen LogP contribution in [0.1, 0.15) is 43.9 Å². The summed E-state index contributed by atoms with van der Waals surface area (Å²) in [6.07, 6.45) is 0.174. The van der Waals surface area contributed by atoms with Crippen LogP contribution in [0.25, 0.3) is 0 Å². The van der Waals surface area contributed by atoms with Crippen molar-refractivity contribution in [3.8, 4) is 5.75 Å². The van der Waals surface area contributed by atoms with Crippen molar-refractivity contribution in [2.45, 2.75) is 38.8 Å². The third-order valence-electron chi connectivity index (χ3n) is 3.48. The van der Waals surface area contributed by atoms with Crippen molar-refractivity contribution in [3.63, 3.8) is 0 Å². The SMILES string of the molecule is CC(C)Oc1cccc(C(N)C(C)c2ccccc2)c1. The molecule has 2 atom stereocenters. The van der Waals surface area contributed by atoms with Crippen LogP contribution in [0.2, 0.25) is 0 Å². The maximum atomic E-state index is 6.41. The first-order valence-corrected chi connectivity index (χ1v) is 7.15. The smallest absolute Gasteiger partial charge is 0.120 e. The van der Waals surface area contributed by atoms with Gasteiger partial charge < -0.3 is 10.5 Å². The van der Waals surface area contributed by atoms with Gasteiger partial charge in [-0.1, -0.05) is 49.4 Å². The molecule has 0 bridgehead atoms. The van der Waals surface area contributed by atoms with E-state index >= 15 is 0 Å². The van der Waals surface area contributed by atoms with E-state index in [-0.39, 0.29) is 18.1 Å². The van der Waals surface area contributed by atoms with Gasteiger partial charge in [-0.05, 0) is 37.1 Å². The second-order valence-electron chi connectivity index (χ2n) is 5.46. The average Bonchev–Trinajstić information content (AvgIpc) is 2.46. The minimum Gasteiger partial charge on any atom is -0.491 e. The summed E-state index contributed by atoms with van der Waals surface area (Å²) in [6, 6.07) is 18.4. The van der Waals surface area contributed by atoms with Crippen molar-refractivity contribution < 1.29 is 4.74 Å². The van der Waals surface area contributed by atoms with E-state index in [2.05, 4.69) is 37.3 Å². The lowest BCUT2D eigenvalue weighted by molar-refractivity contribution is 0.242. The van der Waals surface area contributed by atoms with Gasteiger partial charge in [0.1, 0.15) is 5.75 Å². The fraction of sp³-hybridized carbons (Fsp3) is 0.333. The van der Waals surface area contributed by atoms with Crippen molar-refractivity contribution in [2.24, 2.45) is 5.73 Å². The molecule has 0 amide bonds. The van der Waals surface area contributed by atoms with Crippen molar-refractivity contribution in [1.82, 2.24) is 0 Å². The fourth-order valence-electron chi connectivity index (χ4n) is 2.32. The van der Waals surface area contributed by atoms with Gasteiger partial charge in [0.15, 0.2) is 0 Å². The van der Waals surface area contributed by atoms with Crippen LogP contribution in [0.3, 0.4) is 0 Å². The average molecular weight is 269 g/mol. The molecule has 0 saturated carbocycles. The molecule has 0 aliphatic heterocycles. The van der Waals surface area contributed by atoms with Crippen molar-refractivity contribution in [2.75, 3.05) is 0 Å². The molecule has 20 heavy (non-hydrogen) atoms. The van der Waals surface area contributed by atoms with E-state index in [1.165, 1.54) is 5.56 Å². The molecule has 0 aromatic heterocycles. The van der Waals surface area contributed by atoms with Crippen LogP contribution in [0.4, 0.5) is 0 Å². The van der Waals surface area contributed by atoms with Crippen LogP contribution in [-0.4, -0.2) is 6.10 Å². The van der Waals surface area contributed by atoms with Crippen LogP contribution < -0.4 is 10.5 Å². The Hall–Kier alpha value is -1.80. The summed E-state index contributed by atoms with van der Waals surface area (Å²) in [4.78, 5) is 0. The van der Waals surface area contributed by atoms with Crippen molar-refractivity contribution in [1.29, 1.82) is 0 Å². The zero-order valence-corrected chi connectivity index (χ0v) is 12.4. The largest absolute Gasteiger partial charge is 0.491 e. The van der Waals surface area contributed by atoms with E-state index in [1.807, 2.05) is 38.1 Å². The maximum absolute atomic E-state index is 6.41. The zero-order chi connectivity index (χ0) is 14.5. The summed E-state index contributed by atoms with van der Waals surface area (Å²) in [7, 11) is 0. The lowest BCUT2D eigenvalue weighted by Crippen LogP contribution is -2.18. The first-order valence-electron chi connectivity index (χ1n) is 7.15. The molecule has 2 heteroatoms. The summed E-state index contributed by atoms with van der Waals surface area (Å²) >= 11 is 0. The number of hydrogen-bond acceptors (Lipinski definition) is 2. The minimum absolute atomic E-state index is 0.0342. The van der Waals surface area contributed by atoms with E-state index in [1.54, 1.807) is 0 Å². The highest BCUT2D eigenvalue weighted by molar-refractivity contribution is 5.33. The maximum Gasteiger partial charge on any atom is 0.120 e. The first kappa shape index (κ1) is 14.6. The molecule has 0 fully saturated rings. The third-order valence-corrected chi connectivity index (χ3v) is 3.48. The number of nitrogens with two attached hydrogens (primary N) is 1. The van der Waals surface area contributed by atoms with Gasteiger partial charge in [-0.3, -0.25) is 0 Å². The number of rotatable bonds is 5. The second kappa shape index (κ2) is 6.58. The van der Waals surface area contributed by atoms with Crippen molar-refractivity contribution >= 4 is 0 Å². The lowest BCUT2D eigenvalue weighted by Gasteiger charge is -2.21. The van der Waals surface area contributed by atoms with E-state index in [9.17, 15) is 0 Å². The van der Waals surface area contributed by atoms with Gasteiger partial charge in [0.25, 0.3) is 0 Å². The molecule has 0 spiro atoms. The molecule has 106 valence electrons. The Morgan fingerprint density at radius 1 is 0.850 bits per heavy atom. The lowest BCUT2D eigenvalue weighted by atomic mass is 9.89. The molecule has 0 radical (unpaired) electrons. The zero-order valence-electron chi connectivity index (χ0n) is 12.4. The van der Waals surface area contributed by atoms with Gasteiger partial charge in [-0.25, -0.2) is 0 Å². The molecule has 2 nitrogen and oxygen atoms in total. The monoisotopic (exact) mass is 269 g/mol. The molecule has 0 aliphatic carbocycles. The summed E-state index contributed by atoms with van der Waals surface area (Å²) in [5, 5.41) is 0. The topological polar surface area (TPSA) is 35.2 Å². The molecule has 2 N–H and O–H groups in total. The van der Waals surface area contributed by atoms with Gasteiger partial charge in [-0.15, -0.1) is 0 Å². The van der Waals surface area contributed by atoms with E-state index in [0.717, 1.165) is 11.3 Å². The van der Waals surface area contributed by atoms with Gasteiger partial charge in [0, 0.05) is 12.0 Å². The van der Waals surface area contributed by atoms with E-state index in [0.29, 0.717) is 0 Å². The Bertz CT molecular complexity index is 536. The molecular weight excluding hydrogens is 246 g/mol. The normalized spacial score (nSPS) is 14.1. The standard InChI is InChI=1S/C18H23NO/c1-13(2)20-17-11-7-10-16(12-17)18(19)14(3)15-8-5-4-6-9-15/h4-14,18H,19H2,1-3H3. The number of hydrogen-bond donors (Lipinski definition) is 1. The Morgan fingerprint density at radius 3 is 2.15 bits per heavy atom. The van der Waals surface area contributed by atoms with Gasteiger partial charge in [0.2, 0.25) is 0 Å². The predicted molar refractivity (Wildman–Crippen MR) is 84.0 cm³/mol. The Labute approximate surface area is 121 Å². The van der Waals surface area contributed by atoms with Crippen LogP contribution in [0, 0.1) is 0 Å². The van der Waals surface area contributed by atoms with Crippen LogP contribution in [0.5, 0.6) is 5.75 Å². The molecule has 2 rings (SSSR count). The molecule has 2 aromatic carbocycles. The highest BCUT2D eigenvalue weighted by Gasteiger charge is 2.17. The molecule has 2 aromatic rings. The molecule has 0 aliphatic rings. The van der Waals surface area contributed by atoms with Crippen LogP contribution >= 0.6 is 0 Å². The minimum atomic E-state index is -0.0342.